The number of benzene rings is 2. The van der Waals surface area contributed by atoms with E-state index in [1.165, 1.54) is 11.1 Å². The number of halogens is 1. The fourth-order valence-corrected chi connectivity index (χ4v) is 2.83. The van der Waals surface area contributed by atoms with Crippen molar-refractivity contribution in [3.05, 3.63) is 59.7 Å². The van der Waals surface area contributed by atoms with Crippen LogP contribution in [0.4, 0.5) is 0 Å². The zero-order chi connectivity index (χ0) is 19.9. The molecule has 0 N–H and O–H groups in total. The van der Waals surface area contributed by atoms with Crippen molar-refractivity contribution in [2.75, 3.05) is 19.1 Å². The molecule has 0 bridgehead atoms. The molecule has 0 aliphatic heterocycles. The lowest BCUT2D eigenvalue weighted by atomic mass is 9.78. The summed E-state index contributed by atoms with van der Waals surface area (Å²) in [5.41, 5.74) is 2.44. The van der Waals surface area contributed by atoms with Crippen LogP contribution in [0.3, 0.4) is 0 Å². The molecule has 0 aliphatic rings. The third-order valence-corrected chi connectivity index (χ3v) is 5.71. The molecule has 0 radical (unpaired) electrons. The molecule has 2 rings (SSSR count). The molecule has 0 aliphatic carbocycles. The summed E-state index contributed by atoms with van der Waals surface area (Å²) in [4.78, 5) is 0. The molecule has 0 amide bonds. The predicted octanol–water partition coefficient (Wildman–Crippen LogP) is 6.69. The Morgan fingerprint density at radius 3 is 1.56 bits per heavy atom. The fourth-order valence-electron chi connectivity index (χ4n) is 2.74. The quantitative estimate of drug-likeness (QED) is 0.422. The first-order valence-electron chi connectivity index (χ1n) is 9.89. The van der Waals surface area contributed by atoms with Crippen LogP contribution in [0.2, 0.25) is 0 Å². The molecule has 148 valence electrons. The van der Waals surface area contributed by atoms with E-state index < -0.39 is 0 Å². The van der Waals surface area contributed by atoms with Crippen molar-refractivity contribution in [2.24, 2.45) is 11.8 Å². The molecule has 2 nitrogen and oxygen atoms in total. The molecule has 2 atom stereocenters. The number of alkyl halides is 1. The van der Waals surface area contributed by atoms with Crippen LogP contribution in [0.25, 0.3) is 0 Å². The van der Waals surface area contributed by atoms with Gasteiger partial charge in [-0.05, 0) is 41.3 Å². The van der Waals surface area contributed by atoms with Gasteiger partial charge in [0.15, 0.2) is 0 Å². The number of hydrogen-bond acceptors (Lipinski definition) is 2. The van der Waals surface area contributed by atoms with Crippen LogP contribution in [0.15, 0.2) is 48.5 Å². The summed E-state index contributed by atoms with van der Waals surface area (Å²) in [5, 5.41) is 0. The van der Waals surface area contributed by atoms with Gasteiger partial charge in [-0.25, -0.2) is 0 Å². The Labute approximate surface area is 169 Å². The highest BCUT2D eigenvalue weighted by Gasteiger charge is 2.23. The van der Waals surface area contributed by atoms with Crippen molar-refractivity contribution in [1.29, 1.82) is 0 Å². The van der Waals surface area contributed by atoms with Gasteiger partial charge in [-0.3, -0.25) is 0 Å². The Balaban J connectivity index is 2.04. The lowest BCUT2D eigenvalue weighted by molar-refractivity contribution is 0.256. The molecule has 2 aromatic carbocycles. The van der Waals surface area contributed by atoms with Crippen LogP contribution in [-0.2, 0) is 5.41 Å². The van der Waals surface area contributed by atoms with E-state index >= 15 is 0 Å². The first-order valence-corrected chi connectivity index (χ1v) is 10.4. The summed E-state index contributed by atoms with van der Waals surface area (Å²) in [6.45, 7) is 12.4. The molecule has 0 saturated heterocycles. The number of rotatable bonds is 10. The van der Waals surface area contributed by atoms with Crippen LogP contribution in [-0.4, -0.2) is 19.1 Å². The third-order valence-electron chi connectivity index (χ3n) is 5.18. The van der Waals surface area contributed by atoms with Crippen LogP contribution < -0.4 is 9.47 Å². The molecular formula is C24H33ClO2. The lowest BCUT2D eigenvalue weighted by Crippen LogP contribution is -2.19. The maximum atomic E-state index is 5.88. The van der Waals surface area contributed by atoms with Gasteiger partial charge in [-0.2, -0.15) is 0 Å². The second kappa shape index (κ2) is 10.0. The van der Waals surface area contributed by atoms with E-state index in [-0.39, 0.29) is 5.41 Å². The minimum atomic E-state index is -0.0861. The highest BCUT2D eigenvalue weighted by molar-refractivity contribution is 6.18. The summed E-state index contributed by atoms with van der Waals surface area (Å²) >= 11 is 5.84. The van der Waals surface area contributed by atoms with E-state index in [1.807, 2.05) is 12.1 Å². The maximum absolute atomic E-state index is 5.88. The first kappa shape index (κ1) is 21.6. The van der Waals surface area contributed by atoms with Crippen molar-refractivity contribution in [2.45, 2.75) is 46.5 Å². The van der Waals surface area contributed by atoms with Gasteiger partial charge < -0.3 is 9.47 Å². The highest BCUT2D eigenvalue weighted by Crippen LogP contribution is 2.33. The van der Waals surface area contributed by atoms with E-state index in [0.29, 0.717) is 24.3 Å². The van der Waals surface area contributed by atoms with Gasteiger partial charge in [0.25, 0.3) is 0 Å². The SMILES string of the molecule is CC[C@@H](C)COc1ccc(C(C)(C)c2ccc(OC[C@H](C)CCl)cc2)cc1. The molecule has 0 spiro atoms. The molecule has 0 saturated carbocycles. The zero-order valence-electron chi connectivity index (χ0n) is 17.3. The van der Waals surface area contributed by atoms with E-state index in [1.54, 1.807) is 0 Å². The van der Waals surface area contributed by atoms with Crippen LogP contribution in [0.5, 0.6) is 11.5 Å². The summed E-state index contributed by atoms with van der Waals surface area (Å²) in [7, 11) is 0. The molecule has 0 heterocycles. The third kappa shape index (κ3) is 6.17. The Bertz CT molecular complexity index is 617. The Morgan fingerprint density at radius 2 is 1.19 bits per heavy atom. The Kier molecular flexibility index (Phi) is 8.04. The standard InChI is InChI=1S/C24H33ClO2/c1-6-18(2)16-26-22-11-7-20(8-12-22)24(4,5)21-9-13-23(14-10-21)27-17-19(3)15-25/h7-14,18-19H,6,15-17H2,1-5H3/t18-,19-/m1/s1. The molecule has 2 aromatic rings. The smallest absolute Gasteiger partial charge is 0.119 e. The minimum Gasteiger partial charge on any atom is -0.493 e. The Hall–Kier alpha value is -1.67. The van der Waals surface area contributed by atoms with Crippen molar-refractivity contribution in [1.82, 2.24) is 0 Å². The van der Waals surface area contributed by atoms with Crippen molar-refractivity contribution < 1.29 is 9.47 Å². The van der Waals surface area contributed by atoms with Crippen LogP contribution in [0, 0.1) is 11.8 Å². The van der Waals surface area contributed by atoms with E-state index in [9.17, 15) is 0 Å². The number of hydrogen-bond donors (Lipinski definition) is 0. The topological polar surface area (TPSA) is 18.5 Å². The van der Waals surface area contributed by atoms with Gasteiger partial charge in [-0.1, -0.05) is 65.3 Å². The van der Waals surface area contributed by atoms with E-state index in [0.717, 1.165) is 24.5 Å². The van der Waals surface area contributed by atoms with Gasteiger partial charge in [-0.15, -0.1) is 11.6 Å². The van der Waals surface area contributed by atoms with Gasteiger partial charge in [0.2, 0.25) is 0 Å². The summed E-state index contributed by atoms with van der Waals surface area (Å²) in [5.74, 6) is 3.37. The molecule has 0 fully saturated rings. The predicted molar refractivity (Wildman–Crippen MR) is 115 cm³/mol. The fraction of sp³-hybridized carbons (Fsp3) is 0.500. The molecule has 0 aromatic heterocycles. The summed E-state index contributed by atoms with van der Waals surface area (Å²) in [6, 6.07) is 16.9. The van der Waals surface area contributed by atoms with Gasteiger partial charge in [0.05, 0.1) is 13.2 Å². The normalized spacial score (nSPS) is 13.9. The molecule has 3 heteroatoms. The number of ether oxygens (including phenoxy) is 2. The first-order chi connectivity index (χ1) is 12.9. The van der Waals surface area contributed by atoms with Crippen LogP contribution >= 0.6 is 11.6 Å². The Morgan fingerprint density at radius 1 is 0.778 bits per heavy atom. The van der Waals surface area contributed by atoms with E-state index in [4.69, 9.17) is 21.1 Å². The second-order valence-corrected chi connectivity index (χ2v) is 8.38. The average molecular weight is 389 g/mol. The second-order valence-electron chi connectivity index (χ2n) is 8.07. The molecular weight excluding hydrogens is 356 g/mol. The van der Waals surface area contributed by atoms with Crippen molar-refractivity contribution in [3.63, 3.8) is 0 Å². The highest BCUT2D eigenvalue weighted by atomic mass is 35.5. The van der Waals surface area contributed by atoms with Crippen LogP contribution in [0.1, 0.15) is 52.2 Å². The van der Waals surface area contributed by atoms with Gasteiger partial charge in [0, 0.05) is 17.2 Å². The summed E-state index contributed by atoms with van der Waals surface area (Å²) < 4.78 is 11.7. The van der Waals surface area contributed by atoms with E-state index in [2.05, 4.69) is 71.0 Å². The van der Waals surface area contributed by atoms with Gasteiger partial charge in [0.1, 0.15) is 11.5 Å². The lowest BCUT2D eigenvalue weighted by Gasteiger charge is -2.26. The zero-order valence-corrected chi connectivity index (χ0v) is 18.1. The van der Waals surface area contributed by atoms with Crippen molar-refractivity contribution in [3.8, 4) is 11.5 Å². The van der Waals surface area contributed by atoms with Gasteiger partial charge >= 0.3 is 0 Å². The van der Waals surface area contributed by atoms with Crippen molar-refractivity contribution >= 4 is 11.6 Å². The summed E-state index contributed by atoms with van der Waals surface area (Å²) in [6.07, 6.45) is 1.13. The maximum Gasteiger partial charge on any atom is 0.119 e. The largest absolute Gasteiger partial charge is 0.493 e. The molecule has 27 heavy (non-hydrogen) atoms. The average Bonchev–Trinajstić information content (AvgIpc) is 2.70. The molecule has 0 unspecified atom stereocenters. The monoisotopic (exact) mass is 388 g/mol. The minimum absolute atomic E-state index is 0.0861.